The molecule has 0 fully saturated rings. The molecular formula is C19H26N4. The third-order valence-corrected chi connectivity index (χ3v) is 4.84. The molecule has 2 aliphatic rings. The number of allylic oxidation sites excluding steroid dienone is 1. The van der Waals surface area contributed by atoms with Crippen LogP contribution in [0.2, 0.25) is 0 Å². The Kier molecular flexibility index (Phi) is 4.11. The molecule has 3 rings (SSSR count). The third-order valence-electron chi connectivity index (χ3n) is 4.84. The summed E-state index contributed by atoms with van der Waals surface area (Å²) >= 11 is 0. The van der Waals surface area contributed by atoms with Gasteiger partial charge in [0.15, 0.2) is 0 Å². The number of benzene rings is 1. The number of fused-ring (bicyclic) bond motifs is 1. The van der Waals surface area contributed by atoms with E-state index in [1.807, 2.05) is 6.92 Å². The second-order valence-corrected chi connectivity index (χ2v) is 6.47. The molecule has 1 N–H and O–H groups in total. The maximum Gasteiger partial charge on any atom is 0.140 e. The largest absolute Gasteiger partial charge is 0.346 e. The highest BCUT2D eigenvalue weighted by Gasteiger charge is 2.45. The van der Waals surface area contributed by atoms with Gasteiger partial charge in [-0.2, -0.15) is 0 Å². The zero-order valence-electron chi connectivity index (χ0n) is 14.7. The lowest BCUT2D eigenvalue weighted by atomic mass is 9.96. The average Bonchev–Trinajstić information content (AvgIpc) is 2.93. The van der Waals surface area contributed by atoms with Gasteiger partial charge in [-0.25, -0.2) is 4.99 Å². The zero-order chi connectivity index (χ0) is 16.6. The van der Waals surface area contributed by atoms with Crippen molar-refractivity contribution in [1.29, 1.82) is 0 Å². The molecule has 1 aromatic carbocycles. The van der Waals surface area contributed by atoms with Crippen molar-refractivity contribution in [2.45, 2.75) is 46.3 Å². The highest BCUT2D eigenvalue weighted by atomic mass is 15.3. The van der Waals surface area contributed by atoms with E-state index in [4.69, 9.17) is 9.98 Å². The number of rotatable bonds is 4. The van der Waals surface area contributed by atoms with Gasteiger partial charge >= 0.3 is 0 Å². The van der Waals surface area contributed by atoms with Crippen LogP contribution in [-0.4, -0.2) is 41.2 Å². The van der Waals surface area contributed by atoms with Gasteiger partial charge < -0.3 is 5.32 Å². The summed E-state index contributed by atoms with van der Waals surface area (Å²) in [6, 6.07) is 8.59. The molecule has 2 atom stereocenters. The molecule has 0 bridgehead atoms. The molecule has 1 aromatic rings. The number of aryl methyl sites for hydroxylation is 1. The van der Waals surface area contributed by atoms with Crippen LogP contribution in [0.3, 0.4) is 0 Å². The average molecular weight is 310 g/mol. The molecule has 2 aliphatic heterocycles. The van der Waals surface area contributed by atoms with E-state index in [2.05, 4.69) is 68.3 Å². The fourth-order valence-electron chi connectivity index (χ4n) is 3.62. The second kappa shape index (κ2) is 5.93. The van der Waals surface area contributed by atoms with Crippen LogP contribution in [-0.2, 0) is 0 Å². The van der Waals surface area contributed by atoms with E-state index in [9.17, 15) is 0 Å². The van der Waals surface area contributed by atoms with Crippen LogP contribution in [0.1, 0.15) is 38.8 Å². The number of nitrogens with one attached hydrogen (secondary N) is 1. The third kappa shape index (κ3) is 2.72. The Morgan fingerprint density at radius 2 is 1.78 bits per heavy atom. The smallest absolute Gasteiger partial charge is 0.140 e. The van der Waals surface area contributed by atoms with Crippen molar-refractivity contribution < 1.29 is 0 Å². The van der Waals surface area contributed by atoms with Gasteiger partial charge in [0.2, 0.25) is 0 Å². The minimum Gasteiger partial charge on any atom is -0.346 e. The Morgan fingerprint density at radius 1 is 1.13 bits per heavy atom. The Labute approximate surface area is 139 Å². The molecule has 0 aromatic heterocycles. The zero-order valence-corrected chi connectivity index (χ0v) is 14.7. The van der Waals surface area contributed by atoms with Crippen molar-refractivity contribution >= 4 is 11.5 Å². The van der Waals surface area contributed by atoms with Crippen LogP contribution in [0, 0.1) is 6.92 Å². The fourth-order valence-corrected chi connectivity index (χ4v) is 3.62. The molecule has 4 heteroatoms. The predicted molar refractivity (Wildman–Crippen MR) is 97.2 cm³/mol. The van der Waals surface area contributed by atoms with Gasteiger partial charge in [0.1, 0.15) is 11.7 Å². The standard InChI is InChI=1S/C19H26N4/c1-6-23(7-2)19(5)18-17(20-14(4)22-19)12-16(21-18)15-10-8-13(3)9-11-15/h8-12,18H,6-7H2,1-5H3,(H,20,22). The van der Waals surface area contributed by atoms with Crippen molar-refractivity contribution in [1.82, 2.24) is 10.2 Å². The van der Waals surface area contributed by atoms with E-state index < -0.39 is 0 Å². The minimum absolute atomic E-state index is 0.0300. The topological polar surface area (TPSA) is 40.0 Å². The molecule has 0 spiro atoms. The Hall–Kier alpha value is -1.94. The molecule has 2 heterocycles. The van der Waals surface area contributed by atoms with Crippen LogP contribution in [0.5, 0.6) is 0 Å². The molecule has 122 valence electrons. The molecule has 0 aliphatic carbocycles. The van der Waals surface area contributed by atoms with Crippen LogP contribution in [0.4, 0.5) is 0 Å². The monoisotopic (exact) mass is 310 g/mol. The fraction of sp³-hybridized carbons (Fsp3) is 0.474. The van der Waals surface area contributed by atoms with E-state index in [0.29, 0.717) is 0 Å². The number of amidine groups is 1. The maximum atomic E-state index is 5.03. The number of likely N-dealkylation sites (N-methyl/N-ethyl adjacent to an activating group) is 1. The number of hydrogen-bond acceptors (Lipinski definition) is 4. The van der Waals surface area contributed by atoms with Gasteiger partial charge in [0.05, 0.1) is 11.5 Å². The van der Waals surface area contributed by atoms with Crippen molar-refractivity contribution in [3.05, 3.63) is 47.2 Å². The van der Waals surface area contributed by atoms with Gasteiger partial charge in [-0.05, 0) is 45.5 Å². The normalized spacial score (nSPS) is 26.3. The van der Waals surface area contributed by atoms with Gasteiger partial charge in [-0.1, -0.05) is 43.7 Å². The molecule has 0 saturated carbocycles. The number of aliphatic imine (C=N–C) groups is 2. The lowest BCUT2D eigenvalue weighted by molar-refractivity contribution is 0.105. The van der Waals surface area contributed by atoms with Crippen molar-refractivity contribution in [3.63, 3.8) is 0 Å². The molecule has 0 radical (unpaired) electrons. The quantitative estimate of drug-likeness (QED) is 0.928. The summed E-state index contributed by atoms with van der Waals surface area (Å²) < 4.78 is 0. The number of hydrogen-bond donors (Lipinski definition) is 1. The Balaban J connectivity index is 2.01. The Bertz CT molecular complexity index is 680. The van der Waals surface area contributed by atoms with Gasteiger partial charge in [-0.3, -0.25) is 9.89 Å². The van der Waals surface area contributed by atoms with Crippen molar-refractivity contribution in [3.8, 4) is 0 Å². The first-order valence-electron chi connectivity index (χ1n) is 8.43. The van der Waals surface area contributed by atoms with E-state index in [0.717, 1.165) is 30.3 Å². The van der Waals surface area contributed by atoms with Gasteiger partial charge in [0.25, 0.3) is 0 Å². The molecule has 0 saturated heterocycles. The number of nitrogens with zero attached hydrogens (tertiary/aromatic N) is 3. The van der Waals surface area contributed by atoms with Crippen LogP contribution >= 0.6 is 0 Å². The first kappa shape index (κ1) is 15.9. The van der Waals surface area contributed by atoms with Crippen molar-refractivity contribution in [2.75, 3.05) is 13.1 Å². The molecule has 2 unspecified atom stereocenters. The highest BCUT2D eigenvalue weighted by Crippen LogP contribution is 2.34. The van der Waals surface area contributed by atoms with E-state index in [1.165, 1.54) is 11.1 Å². The van der Waals surface area contributed by atoms with E-state index in [-0.39, 0.29) is 11.7 Å². The lowest BCUT2D eigenvalue weighted by Gasteiger charge is -2.44. The second-order valence-electron chi connectivity index (χ2n) is 6.47. The predicted octanol–water partition coefficient (Wildman–Crippen LogP) is 3.13. The van der Waals surface area contributed by atoms with Gasteiger partial charge in [-0.15, -0.1) is 0 Å². The van der Waals surface area contributed by atoms with Crippen LogP contribution in [0.25, 0.3) is 0 Å². The first-order valence-corrected chi connectivity index (χ1v) is 8.43. The van der Waals surface area contributed by atoms with Crippen LogP contribution in [0.15, 0.2) is 46.0 Å². The van der Waals surface area contributed by atoms with Gasteiger partial charge in [0, 0.05) is 5.70 Å². The lowest BCUT2D eigenvalue weighted by Crippen LogP contribution is -2.57. The summed E-state index contributed by atoms with van der Waals surface area (Å²) in [6.07, 6.45) is 2.18. The summed E-state index contributed by atoms with van der Waals surface area (Å²) in [5, 5.41) is 3.42. The van der Waals surface area contributed by atoms with E-state index >= 15 is 0 Å². The summed E-state index contributed by atoms with van der Waals surface area (Å²) in [7, 11) is 0. The van der Waals surface area contributed by atoms with Crippen LogP contribution < -0.4 is 5.32 Å². The molecule has 0 amide bonds. The molecule has 23 heavy (non-hydrogen) atoms. The van der Waals surface area contributed by atoms with Crippen molar-refractivity contribution in [2.24, 2.45) is 9.98 Å². The summed E-state index contributed by atoms with van der Waals surface area (Å²) in [5.41, 5.74) is 4.31. The first-order chi connectivity index (χ1) is 11.0. The summed E-state index contributed by atoms with van der Waals surface area (Å²) in [4.78, 5) is 12.3. The minimum atomic E-state index is -0.322. The maximum absolute atomic E-state index is 5.03. The highest BCUT2D eigenvalue weighted by molar-refractivity contribution is 6.11. The Morgan fingerprint density at radius 3 is 2.39 bits per heavy atom. The SMILES string of the molecule is CCN(CC)C1(C)N=C(C)NC2=CC(c3ccc(C)cc3)=NC21. The van der Waals surface area contributed by atoms with E-state index in [1.54, 1.807) is 0 Å². The molecule has 4 nitrogen and oxygen atoms in total. The molecular weight excluding hydrogens is 284 g/mol. The summed E-state index contributed by atoms with van der Waals surface area (Å²) in [5.74, 6) is 0.960. The summed E-state index contributed by atoms with van der Waals surface area (Å²) in [6.45, 7) is 12.6.